The quantitative estimate of drug-likeness (QED) is 0.697. The summed E-state index contributed by atoms with van der Waals surface area (Å²) in [4.78, 5) is 1.29. The lowest BCUT2D eigenvalue weighted by Gasteiger charge is -2.18. The molecule has 0 saturated heterocycles. The minimum absolute atomic E-state index is 0.324. The predicted octanol–water partition coefficient (Wildman–Crippen LogP) is 5.39. The Bertz CT molecular complexity index is 722. The molecular weight excluding hydrogens is 300 g/mol. The Labute approximate surface area is 143 Å². The van der Waals surface area contributed by atoms with Crippen LogP contribution in [0.15, 0.2) is 41.3 Å². The van der Waals surface area contributed by atoms with Gasteiger partial charge in [-0.2, -0.15) is 0 Å². The number of thioether (sulfide) groups is 1. The highest BCUT2D eigenvalue weighted by molar-refractivity contribution is 7.98. The molecule has 0 N–H and O–H groups in total. The lowest BCUT2D eigenvalue weighted by molar-refractivity contribution is 0.212. The highest BCUT2D eigenvalue weighted by atomic mass is 32.2. The maximum atomic E-state index is 6.22. The Balaban J connectivity index is 1.45. The first-order valence-electron chi connectivity index (χ1n) is 8.68. The summed E-state index contributed by atoms with van der Waals surface area (Å²) in [6, 6.07) is 13.8. The molecule has 0 fully saturated rings. The van der Waals surface area contributed by atoms with Crippen LogP contribution in [-0.4, -0.2) is 12.4 Å². The summed E-state index contributed by atoms with van der Waals surface area (Å²) in [7, 11) is 0. The van der Waals surface area contributed by atoms with Crippen molar-refractivity contribution in [2.45, 2.75) is 55.9 Å². The monoisotopic (exact) mass is 324 g/mol. The molecule has 2 unspecified atom stereocenters. The summed E-state index contributed by atoms with van der Waals surface area (Å²) in [5.41, 5.74) is 5.99. The van der Waals surface area contributed by atoms with Gasteiger partial charge in [-0.15, -0.1) is 11.8 Å². The molecule has 2 atom stereocenters. The first-order valence-corrected chi connectivity index (χ1v) is 9.90. The summed E-state index contributed by atoms with van der Waals surface area (Å²) in [5.74, 6) is 1.66. The van der Waals surface area contributed by atoms with Crippen LogP contribution < -0.4 is 4.74 Å². The molecule has 1 nitrogen and oxygen atoms in total. The van der Waals surface area contributed by atoms with Crippen LogP contribution in [0.3, 0.4) is 0 Å². The van der Waals surface area contributed by atoms with E-state index in [1.165, 1.54) is 35.3 Å². The fraction of sp³-hybridized carbons (Fsp3) is 0.429. The van der Waals surface area contributed by atoms with E-state index in [0.29, 0.717) is 12.0 Å². The van der Waals surface area contributed by atoms with Crippen molar-refractivity contribution < 1.29 is 4.74 Å². The van der Waals surface area contributed by atoms with Crippen molar-refractivity contribution >= 4 is 11.8 Å². The van der Waals surface area contributed by atoms with E-state index in [9.17, 15) is 0 Å². The number of ether oxygens (including phenoxy) is 1. The molecule has 2 heteroatoms. The minimum Gasteiger partial charge on any atom is -0.490 e. The third kappa shape index (κ3) is 3.01. The molecule has 0 aromatic heterocycles. The average Bonchev–Trinajstić information content (AvgIpc) is 3.18. The van der Waals surface area contributed by atoms with Crippen LogP contribution in [0, 0.1) is 0 Å². The van der Waals surface area contributed by atoms with Crippen molar-refractivity contribution in [3.8, 4) is 5.75 Å². The van der Waals surface area contributed by atoms with Crippen LogP contribution in [0.2, 0.25) is 0 Å². The van der Waals surface area contributed by atoms with Crippen molar-refractivity contribution in [3.63, 3.8) is 0 Å². The normalized spacial score (nSPS) is 20.0. The molecule has 0 radical (unpaired) electrons. The SMILES string of the molecule is CSc1ccc2c(c1)OC(CC(C)c1ccc3c(c1)CCC3)C2. The Hall–Kier alpha value is -1.41. The number of hydrogen-bond acceptors (Lipinski definition) is 2. The van der Waals surface area contributed by atoms with Gasteiger partial charge in [-0.3, -0.25) is 0 Å². The average molecular weight is 324 g/mol. The number of aryl methyl sites for hydroxylation is 2. The number of rotatable bonds is 4. The molecule has 1 aliphatic carbocycles. The molecule has 23 heavy (non-hydrogen) atoms. The van der Waals surface area contributed by atoms with E-state index in [2.05, 4.69) is 49.6 Å². The van der Waals surface area contributed by atoms with Crippen molar-refractivity contribution in [2.75, 3.05) is 6.26 Å². The molecule has 120 valence electrons. The Morgan fingerprint density at radius 1 is 1.09 bits per heavy atom. The Morgan fingerprint density at radius 3 is 2.78 bits per heavy atom. The first-order chi connectivity index (χ1) is 11.2. The lowest BCUT2D eigenvalue weighted by atomic mass is 9.91. The van der Waals surface area contributed by atoms with E-state index >= 15 is 0 Å². The van der Waals surface area contributed by atoms with Gasteiger partial charge in [0.25, 0.3) is 0 Å². The third-order valence-corrected chi connectivity index (χ3v) is 6.05. The molecule has 2 aromatic rings. The van der Waals surface area contributed by atoms with Crippen LogP contribution >= 0.6 is 11.8 Å². The highest BCUT2D eigenvalue weighted by Gasteiger charge is 2.25. The van der Waals surface area contributed by atoms with Gasteiger partial charge in [0.05, 0.1) is 0 Å². The van der Waals surface area contributed by atoms with Gasteiger partial charge in [-0.25, -0.2) is 0 Å². The highest BCUT2D eigenvalue weighted by Crippen LogP contribution is 2.36. The van der Waals surface area contributed by atoms with Crippen LogP contribution in [0.1, 0.15) is 47.9 Å². The largest absolute Gasteiger partial charge is 0.490 e. The van der Waals surface area contributed by atoms with Crippen molar-refractivity contribution in [2.24, 2.45) is 0 Å². The zero-order chi connectivity index (χ0) is 15.8. The summed E-state index contributed by atoms with van der Waals surface area (Å²) in [5, 5.41) is 0. The Morgan fingerprint density at radius 2 is 1.91 bits per heavy atom. The number of benzene rings is 2. The van der Waals surface area contributed by atoms with Crippen LogP contribution in [0.25, 0.3) is 0 Å². The molecule has 0 bridgehead atoms. The molecule has 2 aromatic carbocycles. The number of fused-ring (bicyclic) bond motifs is 2. The van der Waals surface area contributed by atoms with Crippen molar-refractivity contribution in [1.82, 2.24) is 0 Å². The molecule has 0 amide bonds. The lowest BCUT2D eigenvalue weighted by Crippen LogP contribution is -2.16. The molecule has 4 rings (SSSR count). The van der Waals surface area contributed by atoms with E-state index in [-0.39, 0.29) is 0 Å². The summed E-state index contributed by atoms with van der Waals surface area (Å²) in [6.45, 7) is 2.34. The molecule has 2 aliphatic rings. The van der Waals surface area contributed by atoms with E-state index in [0.717, 1.165) is 18.6 Å². The molecular formula is C21H24OS. The first kappa shape index (κ1) is 15.1. The van der Waals surface area contributed by atoms with Crippen LogP contribution in [-0.2, 0) is 19.3 Å². The van der Waals surface area contributed by atoms with E-state index in [4.69, 9.17) is 4.74 Å². The van der Waals surface area contributed by atoms with E-state index in [1.807, 2.05) is 0 Å². The summed E-state index contributed by atoms with van der Waals surface area (Å²) < 4.78 is 6.22. The van der Waals surface area contributed by atoms with Crippen LogP contribution in [0.5, 0.6) is 5.75 Å². The third-order valence-electron chi connectivity index (χ3n) is 5.32. The predicted molar refractivity (Wildman–Crippen MR) is 97.8 cm³/mol. The standard InChI is InChI=1S/C21H24OS/c1-14(16-7-6-15-4-3-5-17(15)11-16)10-19-12-18-8-9-20(23-2)13-21(18)22-19/h6-9,11,13-14,19H,3-5,10,12H2,1-2H3. The van der Waals surface area contributed by atoms with Crippen LogP contribution in [0.4, 0.5) is 0 Å². The molecule has 1 aliphatic heterocycles. The molecule has 0 saturated carbocycles. The summed E-state index contributed by atoms with van der Waals surface area (Å²) in [6.07, 6.45) is 8.45. The molecule has 0 spiro atoms. The maximum absolute atomic E-state index is 6.22. The van der Waals surface area contributed by atoms with Gasteiger partial charge < -0.3 is 4.74 Å². The second kappa shape index (κ2) is 6.24. The van der Waals surface area contributed by atoms with Gasteiger partial charge in [0.2, 0.25) is 0 Å². The maximum Gasteiger partial charge on any atom is 0.124 e. The smallest absolute Gasteiger partial charge is 0.124 e. The number of hydrogen-bond donors (Lipinski definition) is 0. The van der Waals surface area contributed by atoms with Crippen molar-refractivity contribution in [3.05, 3.63) is 58.7 Å². The van der Waals surface area contributed by atoms with E-state index in [1.54, 1.807) is 22.9 Å². The Kier molecular flexibility index (Phi) is 4.11. The summed E-state index contributed by atoms with van der Waals surface area (Å²) >= 11 is 1.78. The topological polar surface area (TPSA) is 9.23 Å². The van der Waals surface area contributed by atoms with Gasteiger partial charge in [-0.1, -0.05) is 31.2 Å². The van der Waals surface area contributed by atoms with Gasteiger partial charge in [-0.05, 0) is 72.2 Å². The second-order valence-corrected chi connectivity index (χ2v) is 7.82. The van der Waals surface area contributed by atoms with E-state index < -0.39 is 0 Å². The zero-order valence-electron chi connectivity index (χ0n) is 14.0. The van der Waals surface area contributed by atoms with Gasteiger partial charge in [0.15, 0.2) is 0 Å². The molecule has 1 heterocycles. The fourth-order valence-corrected chi connectivity index (χ4v) is 4.40. The van der Waals surface area contributed by atoms with Gasteiger partial charge in [0, 0.05) is 11.3 Å². The fourth-order valence-electron chi connectivity index (χ4n) is 3.97. The second-order valence-electron chi connectivity index (χ2n) is 6.94. The minimum atomic E-state index is 0.324. The zero-order valence-corrected chi connectivity index (χ0v) is 14.8. The van der Waals surface area contributed by atoms with Crippen molar-refractivity contribution in [1.29, 1.82) is 0 Å². The van der Waals surface area contributed by atoms with Gasteiger partial charge >= 0.3 is 0 Å². The van der Waals surface area contributed by atoms with Gasteiger partial charge in [0.1, 0.15) is 11.9 Å².